The highest BCUT2D eigenvalue weighted by molar-refractivity contribution is 6.04. The van der Waals surface area contributed by atoms with Gasteiger partial charge in [0, 0.05) is 29.5 Å². The van der Waals surface area contributed by atoms with E-state index in [-0.39, 0.29) is 5.91 Å². The van der Waals surface area contributed by atoms with Crippen molar-refractivity contribution in [3.63, 3.8) is 0 Å². The van der Waals surface area contributed by atoms with Gasteiger partial charge in [0.15, 0.2) is 0 Å². The molecule has 142 valence electrons. The first-order valence-corrected chi connectivity index (χ1v) is 10.0. The monoisotopic (exact) mass is 370 g/mol. The van der Waals surface area contributed by atoms with Gasteiger partial charge in [-0.3, -0.25) is 4.79 Å². The fourth-order valence-electron chi connectivity index (χ4n) is 3.87. The molecular weight excluding hydrogens is 344 g/mol. The quantitative estimate of drug-likeness (QED) is 0.612. The number of piperidine rings is 1. The second-order valence-electron chi connectivity index (χ2n) is 7.48. The minimum absolute atomic E-state index is 0.0845. The molecule has 4 rings (SSSR count). The van der Waals surface area contributed by atoms with Gasteiger partial charge in [-0.15, -0.1) is 0 Å². The number of carbonyl (C=O) groups is 1. The van der Waals surface area contributed by atoms with E-state index in [0.29, 0.717) is 11.6 Å². The lowest BCUT2D eigenvalue weighted by Crippen LogP contribution is -2.37. The third-order valence-electron chi connectivity index (χ3n) is 5.51. The van der Waals surface area contributed by atoms with Crippen molar-refractivity contribution in [2.24, 2.45) is 0 Å². The summed E-state index contributed by atoms with van der Waals surface area (Å²) in [5.74, 6) is -0.0845. The Labute approximate surface area is 167 Å². The van der Waals surface area contributed by atoms with Crippen molar-refractivity contribution in [1.29, 1.82) is 0 Å². The molecular formula is C25H26N2O. The van der Waals surface area contributed by atoms with Gasteiger partial charge in [-0.2, -0.15) is 0 Å². The Balaban J connectivity index is 1.42. The van der Waals surface area contributed by atoms with E-state index in [1.54, 1.807) is 0 Å². The van der Waals surface area contributed by atoms with Crippen LogP contribution in [-0.2, 0) is 0 Å². The van der Waals surface area contributed by atoms with Crippen LogP contribution >= 0.6 is 0 Å². The molecule has 3 aromatic rings. The second kappa shape index (κ2) is 8.30. The van der Waals surface area contributed by atoms with Crippen molar-refractivity contribution in [3.05, 3.63) is 84.4 Å². The summed E-state index contributed by atoms with van der Waals surface area (Å²) >= 11 is 0. The maximum atomic E-state index is 12.6. The Hall–Kier alpha value is -3.07. The van der Waals surface area contributed by atoms with E-state index in [9.17, 15) is 4.79 Å². The van der Waals surface area contributed by atoms with E-state index in [4.69, 9.17) is 0 Å². The number of amides is 1. The maximum Gasteiger partial charge on any atom is 0.255 e. The number of hydrogen-bond donors (Lipinski definition) is 1. The number of benzene rings is 3. The van der Waals surface area contributed by atoms with Gasteiger partial charge >= 0.3 is 0 Å². The van der Waals surface area contributed by atoms with Crippen LogP contribution in [0.4, 0.5) is 11.4 Å². The molecule has 1 aliphatic heterocycles. The molecule has 0 aromatic heterocycles. The standard InChI is InChI=1S/C25H26N2O/c1-19-7-5-6-18-27(19)24-16-14-23(15-17-24)26-25(28)22-12-10-21(11-13-22)20-8-3-2-4-9-20/h2-4,8-17,19H,5-7,18H2,1H3,(H,26,28)/t19-/m1/s1. The van der Waals surface area contributed by atoms with Crippen LogP contribution in [0.1, 0.15) is 36.5 Å². The SMILES string of the molecule is C[C@@H]1CCCCN1c1ccc(NC(=O)c2ccc(-c3ccccc3)cc2)cc1. The molecule has 1 fully saturated rings. The lowest BCUT2D eigenvalue weighted by molar-refractivity contribution is 0.102. The maximum absolute atomic E-state index is 12.6. The third-order valence-corrected chi connectivity index (χ3v) is 5.51. The minimum Gasteiger partial charge on any atom is -0.369 e. The summed E-state index contributed by atoms with van der Waals surface area (Å²) in [6.45, 7) is 3.40. The smallest absolute Gasteiger partial charge is 0.255 e. The van der Waals surface area contributed by atoms with Crippen LogP contribution in [0, 0.1) is 0 Å². The Bertz CT molecular complexity index is 917. The fraction of sp³-hybridized carbons (Fsp3) is 0.240. The molecule has 1 atom stereocenters. The van der Waals surface area contributed by atoms with Gasteiger partial charge in [-0.25, -0.2) is 0 Å². The van der Waals surface area contributed by atoms with E-state index in [0.717, 1.165) is 23.4 Å². The molecule has 3 nitrogen and oxygen atoms in total. The summed E-state index contributed by atoms with van der Waals surface area (Å²) in [5.41, 5.74) is 4.98. The van der Waals surface area contributed by atoms with E-state index in [2.05, 4.69) is 41.4 Å². The number of carbonyl (C=O) groups excluding carboxylic acids is 1. The molecule has 1 N–H and O–H groups in total. The van der Waals surface area contributed by atoms with Crippen LogP contribution in [-0.4, -0.2) is 18.5 Å². The Kier molecular flexibility index (Phi) is 5.43. The summed E-state index contributed by atoms with van der Waals surface area (Å²) in [6, 6.07) is 26.7. The highest BCUT2D eigenvalue weighted by Gasteiger charge is 2.18. The molecule has 1 aliphatic rings. The Morgan fingerprint density at radius 1 is 0.857 bits per heavy atom. The summed E-state index contributed by atoms with van der Waals surface area (Å²) in [7, 11) is 0. The molecule has 1 saturated heterocycles. The first-order chi connectivity index (χ1) is 13.7. The topological polar surface area (TPSA) is 32.3 Å². The molecule has 3 aromatic carbocycles. The van der Waals surface area contributed by atoms with Crippen molar-refractivity contribution < 1.29 is 4.79 Å². The molecule has 0 bridgehead atoms. The zero-order valence-electron chi connectivity index (χ0n) is 16.3. The Morgan fingerprint density at radius 3 is 2.21 bits per heavy atom. The van der Waals surface area contributed by atoms with Crippen molar-refractivity contribution in [2.75, 3.05) is 16.8 Å². The van der Waals surface area contributed by atoms with E-state index < -0.39 is 0 Å². The van der Waals surface area contributed by atoms with Gasteiger partial charge in [0.1, 0.15) is 0 Å². The summed E-state index contributed by atoms with van der Waals surface area (Å²) < 4.78 is 0. The number of nitrogens with one attached hydrogen (secondary N) is 1. The first-order valence-electron chi connectivity index (χ1n) is 10.0. The van der Waals surface area contributed by atoms with Crippen molar-refractivity contribution >= 4 is 17.3 Å². The molecule has 28 heavy (non-hydrogen) atoms. The molecule has 0 spiro atoms. The van der Waals surface area contributed by atoms with E-state index in [1.807, 2.05) is 54.6 Å². The van der Waals surface area contributed by atoms with Gasteiger partial charge in [0.2, 0.25) is 0 Å². The van der Waals surface area contributed by atoms with Crippen molar-refractivity contribution in [1.82, 2.24) is 0 Å². The molecule has 0 saturated carbocycles. The van der Waals surface area contributed by atoms with Crippen LogP contribution in [0.3, 0.4) is 0 Å². The summed E-state index contributed by atoms with van der Waals surface area (Å²) in [4.78, 5) is 15.0. The number of nitrogens with zero attached hydrogens (tertiary/aromatic N) is 1. The fourth-order valence-corrected chi connectivity index (χ4v) is 3.87. The third kappa shape index (κ3) is 4.09. The largest absolute Gasteiger partial charge is 0.369 e. The van der Waals surface area contributed by atoms with Gasteiger partial charge in [0.05, 0.1) is 0 Å². The zero-order valence-corrected chi connectivity index (χ0v) is 16.3. The average molecular weight is 370 g/mol. The predicted molar refractivity (Wildman–Crippen MR) is 117 cm³/mol. The van der Waals surface area contributed by atoms with Gasteiger partial charge in [0.25, 0.3) is 5.91 Å². The van der Waals surface area contributed by atoms with Crippen LogP contribution in [0.5, 0.6) is 0 Å². The van der Waals surface area contributed by atoms with E-state index in [1.165, 1.54) is 24.9 Å². The van der Waals surface area contributed by atoms with Gasteiger partial charge in [-0.1, -0.05) is 42.5 Å². The number of hydrogen-bond acceptors (Lipinski definition) is 2. The van der Waals surface area contributed by atoms with E-state index >= 15 is 0 Å². The average Bonchev–Trinajstić information content (AvgIpc) is 2.75. The molecule has 3 heteroatoms. The van der Waals surface area contributed by atoms with Crippen molar-refractivity contribution in [2.45, 2.75) is 32.2 Å². The Morgan fingerprint density at radius 2 is 1.54 bits per heavy atom. The minimum atomic E-state index is -0.0845. The zero-order chi connectivity index (χ0) is 19.3. The van der Waals surface area contributed by atoms with Gasteiger partial charge < -0.3 is 10.2 Å². The summed E-state index contributed by atoms with van der Waals surface area (Å²) in [6.07, 6.45) is 3.81. The lowest BCUT2D eigenvalue weighted by atomic mass is 10.0. The summed E-state index contributed by atoms with van der Waals surface area (Å²) in [5, 5.41) is 3.00. The highest BCUT2D eigenvalue weighted by atomic mass is 16.1. The lowest BCUT2D eigenvalue weighted by Gasteiger charge is -2.35. The van der Waals surface area contributed by atoms with Crippen LogP contribution in [0.2, 0.25) is 0 Å². The van der Waals surface area contributed by atoms with Crippen LogP contribution in [0.25, 0.3) is 11.1 Å². The number of anilines is 2. The van der Waals surface area contributed by atoms with Gasteiger partial charge in [-0.05, 0) is 73.7 Å². The highest BCUT2D eigenvalue weighted by Crippen LogP contribution is 2.26. The first kappa shape index (κ1) is 18.3. The molecule has 0 radical (unpaired) electrons. The molecule has 0 unspecified atom stereocenters. The predicted octanol–water partition coefficient (Wildman–Crippen LogP) is 5.98. The molecule has 0 aliphatic carbocycles. The van der Waals surface area contributed by atoms with Crippen molar-refractivity contribution in [3.8, 4) is 11.1 Å². The number of rotatable bonds is 4. The van der Waals surface area contributed by atoms with Crippen LogP contribution < -0.4 is 10.2 Å². The van der Waals surface area contributed by atoms with Crippen LogP contribution in [0.15, 0.2) is 78.9 Å². The molecule has 1 amide bonds. The second-order valence-corrected chi connectivity index (χ2v) is 7.48. The molecule has 1 heterocycles. The normalized spacial score (nSPS) is 16.6.